The molecule has 0 aliphatic heterocycles. The van der Waals surface area contributed by atoms with Crippen LogP contribution in [0.15, 0.2) is 0 Å². The maximum Gasteiger partial charge on any atom is 0.0589 e. The van der Waals surface area contributed by atoms with E-state index in [0.717, 1.165) is 19.7 Å². The van der Waals surface area contributed by atoms with Gasteiger partial charge in [-0.3, -0.25) is 4.90 Å². The molecule has 0 radical (unpaired) electrons. The molecule has 3 nitrogen and oxygen atoms in total. The molecule has 1 aliphatic carbocycles. The van der Waals surface area contributed by atoms with Crippen LogP contribution < -0.4 is 5.32 Å². The topological polar surface area (TPSA) is 24.5 Å². The normalized spacial score (nSPS) is 25.7. The third-order valence-electron chi connectivity index (χ3n) is 4.52. The molecule has 3 heteroatoms. The summed E-state index contributed by atoms with van der Waals surface area (Å²) in [5.41, 5.74) is 0. The van der Waals surface area contributed by atoms with E-state index in [-0.39, 0.29) is 0 Å². The van der Waals surface area contributed by atoms with Crippen LogP contribution in [0.5, 0.6) is 0 Å². The lowest BCUT2D eigenvalue weighted by atomic mass is 9.88. The van der Waals surface area contributed by atoms with E-state index in [1.807, 2.05) is 7.11 Å². The van der Waals surface area contributed by atoms with Gasteiger partial charge in [-0.05, 0) is 39.2 Å². The predicted octanol–water partition coefficient (Wildman–Crippen LogP) is 3.04. The second kappa shape index (κ2) is 9.73. The fraction of sp³-hybridized carbons (Fsp3) is 1.00. The summed E-state index contributed by atoms with van der Waals surface area (Å²) in [4.78, 5) is 2.69. The number of ether oxygens (including phenoxy) is 1. The van der Waals surface area contributed by atoms with Crippen molar-refractivity contribution in [2.45, 2.75) is 77.4 Å². The number of nitrogens with zero attached hydrogens (tertiary/aromatic N) is 1. The predicted molar refractivity (Wildman–Crippen MR) is 82.7 cm³/mol. The first-order valence-electron chi connectivity index (χ1n) is 8.22. The van der Waals surface area contributed by atoms with Crippen molar-refractivity contribution in [2.75, 3.05) is 26.8 Å². The Morgan fingerprint density at radius 2 is 2.00 bits per heavy atom. The molecular formula is C16H34N2O. The fourth-order valence-electron chi connectivity index (χ4n) is 3.22. The highest BCUT2D eigenvalue weighted by Crippen LogP contribution is 2.25. The van der Waals surface area contributed by atoms with Gasteiger partial charge in [0.15, 0.2) is 0 Å². The molecule has 0 bridgehead atoms. The first kappa shape index (κ1) is 16.9. The summed E-state index contributed by atoms with van der Waals surface area (Å²) in [5.74, 6) is 0. The van der Waals surface area contributed by atoms with Crippen molar-refractivity contribution in [1.82, 2.24) is 10.2 Å². The third kappa shape index (κ3) is 5.41. The lowest BCUT2D eigenvalue weighted by Gasteiger charge is -2.43. The quantitative estimate of drug-likeness (QED) is 0.697. The van der Waals surface area contributed by atoms with E-state index in [0.29, 0.717) is 18.1 Å². The molecule has 0 aromatic heterocycles. The molecule has 19 heavy (non-hydrogen) atoms. The van der Waals surface area contributed by atoms with E-state index in [2.05, 4.69) is 31.0 Å². The van der Waals surface area contributed by atoms with E-state index >= 15 is 0 Å². The molecule has 1 fully saturated rings. The van der Waals surface area contributed by atoms with Crippen molar-refractivity contribution < 1.29 is 4.74 Å². The number of hydrogen-bond acceptors (Lipinski definition) is 3. The van der Waals surface area contributed by atoms with E-state index < -0.39 is 0 Å². The Labute approximate surface area is 120 Å². The van der Waals surface area contributed by atoms with Crippen LogP contribution in [-0.2, 0) is 4.74 Å². The second-order valence-electron chi connectivity index (χ2n) is 5.90. The SMILES string of the molecule is CCCNC1CCCCC1N(CCOC)C(C)CC. The first-order chi connectivity index (χ1) is 9.24. The van der Waals surface area contributed by atoms with Gasteiger partial charge in [-0.15, -0.1) is 0 Å². The van der Waals surface area contributed by atoms with Crippen LogP contribution in [0.3, 0.4) is 0 Å². The van der Waals surface area contributed by atoms with Gasteiger partial charge >= 0.3 is 0 Å². The molecule has 0 amide bonds. The largest absolute Gasteiger partial charge is 0.383 e. The molecule has 114 valence electrons. The molecule has 3 unspecified atom stereocenters. The van der Waals surface area contributed by atoms with Gasteiger partial charge in [-0.1, -0.05) is 26.7 Å². The lowest BCUT2D eigenvalue weighted by molar-refractivity contribution is 0.0537. The van der Waals surface area contributed by atoms with Crippen molar-refractivity contribution >= 4 is 0 Å². The van der Waals surface area contributed by atoms with Crippen molar-refractivity contribution in [3.05, 3.63) is 0 Å². The van der Waals surface area contributed by atoms with E-state index in [1.165, 1.54) is 38.5 Å². The summed E-state index contributed by atoms with van der Waals surface area (Å²) in [6.07, 6.45) is 7.90. The molecule has 0 saturated heterocycles. The Morgan fingerprint density at radius 1 is 1.26 bits per heavy atom. The van der Waals surface area contributed by atoms with Crippen LogP contribution in [-0.4, -0.2) is 49.8 Å². The van der Waals surface area contributed by atoms with Crippen molar-refractivity contribution in [3.8, 4) is 0 Å². The molecule has 1 aliphatic rings. The molecule has 0 heterocycles. The molecule has 1 saturated carbocycles. The van der Waals surface area contributed by atoms with Gasteiger partial charge in [0.1, 0.15) is 0 Å². The molecule has 1 rings (SSSR count). The van der Waals surface area contributed by atoms with E-state index in [9.17, 15) is 0 Å². The van der Waals surface area contributed by atoms with Gasteiger partial charge < -0.3 is 10.1 Å². The van der Waals surface area contributed by atoms with Crippen molar-refractivity contribution in [1.29, 1.82) is 0 Å². The third-order valence-corrected chi connectivity index (χ3v) is 4.52. The molecule has 0 aromatic carbocycles. The average Bonchev–Trinajstić information content (AvgIpc) is 2.46. The minimum Gasteiger partial charge on any atom is -0.383 e. The Balaban J connectivity index is 2.65. The standard InChI is InChI=1S/C16H34N2O/c1-5-11-17-15-9-7-8-10-16(15)18(12-13-19-4)14(3)6-2/h14-17H,5-13H2,1-4H3. The van der Waals surface area contributed by atoms with Crippen molar-refractivity contribution in [2.24, 2.45) is 0 Å². The smallest absolute Gasteiger partial charge is 0.0589 e. The summed E-state index contributed by atoms with van der Waals surface area (Å²) in [6.45, 7) is 9.98. The van der Waals surface area contributed by atoms with E-state index in [1.54, 1.807) is 0 Å². The summed E-state index contributed by atoms with van der Waals surface area (Å²) >= 11 is 0. The molecule has 0 spiro atoms. The Kier molecular flexibility index (Phi) is 8.67. The molecule has 3 atom stereocenters. The molecular weight excluding hydrogens is 236 g/mol. The van der Waals surface area contributed by atoms with Crippen LogP contribution in [0.4, 0.5) is 0 Å². The van der Waals surface area contributed by atoms with Crippen molar-refractivity contribution in [3.63, 3.8) is 0 Å². The second-order valence-corrected chi connectivity index (χ2v) is 5.90. The maximum absolute atomic E-state index is 5.31. The monoisotopic (exact) mass is 270 g/mol. The Bertz CT molecular complexity index is 223. The minimum absolute atomic E-state index is 0.657. The first-order valence-corrected chi connectivity index (χ1v) is 8.22. The highest BCUT2D eigenvalue weighted by Gasteiger charge is 2.31. The Hall–Kier alpha value is -0.120. The van der Waals surface area contributed by atoms with Gasteiger partial charge in [0, 0.05) is 31.8 Å². The number of rotatable bonds is 9. The van der Waals surface area contributed by atoms with Gasteiger partial charge in [0.2, 0.25) is 0 Å². The number of hydrogen-bond donors (Lipinski definition) is 1. The van der Waals surface area contributed by atoms with Gasteiger partial charge in [0.25, 0.3) is 0 Å². The maximum atomic E-state index is 5.31. The van der Waals surface area contributed by atoms with Crippen LogP contribution >= 0.6 is 0 Å². The van der Waals surface area contributed by atoms with Crippen LogP contribution in [0.1, 0.15) is 59.3 Å². The lowest BCUT2D eigenvalue weighted by Crippen LogP contribution is -2.55. The zero-order valence-corrected chi connectivity index (χ0v) is 13.5. The molecule has 1 N–H and O–H groups in total. The molecule has 0 aromatic rings. The minimum atomic E-state index is 0.657. The zero-order chi connectivity index (χ0) is 14.1. The zero-order valence-electron chi connectivity index (χ0n) is 13.5. The van der Waals surface area contributed by atoms with Gasteiger partial charge in [-0.2, -0.15) is 0 Å². The summed E-state index contributed by atoms with van der Waals surface area (Å²) < 4.78 is 5.31. The van der Waals surface area contributed by atoms with Crippen LogP contribution in [0, 0.1) is 0 Å². The van der Waals surface area contributed by atoms with Gasteiger partial charge in [0.05, 0.1) is 6.61 Å². The summed E-state index contributed by atoms with van der Waals surface area (Å²) in [5, 5.41) is 3.77. The van der Waals surface area contributed by atoms with Crippen LogP contribution in [0.2, 0.25) is 0 Å². The average molecular weight is 270 g/mol. The Morgan fingerprint density at radius 3 is 2.63 bits per heavy atom. The highest BCUT2D eigenvalue weighted by molar-refractivity contribution is 4.90. The summed E-state index contributed by atoms with van der Waals surface area (Å²) in [7, 11) is 1.81. The number of nitrogens with one attached hydrogen (secondary N) is 1. The van der Waals surface area contributed by atoms with Gasteiger partial charge in [-0.25, -0.2) is 0 Å². The fourth-order valence-corrected chi connectivity index (χ4v) is 3.22. The summed E-state index contributed by atoms with van der Waals surface area (Å²) in [6, 6.07) is 2.04. The number of methoxy groups -OCH3 is 1. The van der Waals surface area contributed by atoms with E-state index in [4.69, 9.17) is 4.74 Å². The highest BCUT2D eigenvalue weighted by atomic mass is 16.5. The van der Waals surface area contributed by atoms with Crippen LogP contribution in [0.25, 0.3) is 0 Å².